The monoisotopic (exact) mass is 371 g/mol. The average Bonchev–Trinajstić information content (AvgIpc) is 3.12. The highest BCUT2D eigenvalue weighted by Gasteiger charge is 2.25. The van der Waals surface area contributed by atoms with Crippen molar-refractivity contribution in [1.29, 1.82) is 0 Å². The molecular weight excluding hydrogens is 354 g/mol. The quantitative estimate of drug-likeness (QED) is 0.636. The Labute approximate surface area is 155 Å². The van der Waals surface area contributed by atoms with Gasteiger partial charge in [-0.3, -0.25) is 4.79 Å². The summed E-state index contributed by atoms with van der Waals surface area (Å²) in [5.74, 6) is 0.471. The van der Waals surface area contributed by atoms with Gasteiger partial charge in [0.2, 0.25) is 5.89 Å². The molecule has 3 rings (SSSR count). The largest absolute Gasteiger partial charge is 0.493 e. The summed E-state index contributed by atoms with van der Waals surface area (Å²) in [5.41, 5.74) is 2.00. The number of nitrogens with zero attached hydrogens (tertiary/aromatic N) is 1. The van der Waals surface area contributed by atoms with Crippen molar-refractivity contribution in [2.75, 3.05) is 14.2 Å². The van der Waals surface area contributed by atoms with Crippen LogP contribution in [0.5, 0.6) is 11.5 Å². The lowest BCUT2D eigenvalue weighted by atomic mass is 10.1. The zero-order valence-electron chi connectivity index (χ0n) is 14.2. The Morgan fingerprint density at radius 3 is 2.38 bits per heavy atom. The molecule has 0 aliphatic rings. The molecule has 0 radical (unpaired) electrons. The van der Waals surface area contributed by atoms with E-state index in [9.17, 15) is 9.90 Å². The minimum Gasteiger partial charge on any atom is -0.493 e. The third-order valence-corrected chi connectivity index (χ3v) is 4.25. The van der Waals surface area contributed by atoms with E-state index in [-0.39, 0.29) is 5.89 Å². The Morgan fingerprint density at radius 1 is 1.08 bits per heavy atom. The van der Waals surface area contributed by atoms with Gasteiger partial charge < -0.3 is 19.0 Å². The maximum Gasteiger partial charge on any atom is 0.325 e. The maximum atomic E-state index is 11.3. The predicted molar refractivity (Wildman–Crippen MR) is 99.8 cm³/mol. The third-order valence-electron chi connectivity index (χ3n) is 3.80. The van der Waals surface area contributed by atoms with Crippen molar-refractivity contribution in [3.63, 3.8) is 0 Å². The minimum atomic E-state index is -1.16. The van der Waals surface area contributed by atoms with Crippen LogP contribution in [0.3, 0.4) is 0 Å². The van der Waals surface area contributed by atoms with Crippen LogP contribution in [0.25, 0.3) is 22.6 Å². The van der Waals surface area contributed by atoms with Gasteiger partial charge in [-0.1, -0.05) is 30.3 Å². The molecule has 26 heavy (non-hydrogen) atoms. The molecule has 0 amide bonds. The van der Waals surface area contributed by atoms with Gasteiger partial charge in [-0.25, -0.2) is 4.98 Å². The topological polar surface area (TPSA) is 81.8 Å². The summed E-state index contributed by atoms with van der Waals surface area (Å²) in [6.45, 7) is 0. The number of ether oxygens (including phenoxy) is 2. The van der Waals surface area contributed by atoms with Crippen LogP contribution in [0.15, 0.2) is 52.9 Å². The van der Waals surface area contributed by atoms with Crippen molar-refractivity contribution in [3.8, 4) is 34.1 Å². The second-order valence-corrected chi connectivity index (χ2v) is 5.92. The zero-order valence-corrected chi connectivity index (χ0v) is 15.1. The first-order valence-corrected chi connectivity index (χ1v) is 8.26. The fourth-order valence-electron chi connectivity index (χ4n) is 2.52. The summed E-state index contributed by atoms with van der Waals surface area (Å²) in [5, 5.41) is 8.05. The first-order valence-electron chi connectivity index (χ1n) is 7.74. The Balaban J connectivity index is 2.18. The van der Waals surface area contributed by atoms with Crippen LogP contribution in [0, 0.1) is 0 Å². The first kappa shape index (κ1) is 17.9. The lowest BCUT2D eigenvalue weighted by Gasteiger charge is -2.09. The molecule has 1 heterocycles. The summed E-state index contributed by atoms with van der Waals surface area (Å²) in [4.78, 5) is 15.7. The molecule has 0 aliphatic carbocycles. The Hall–Kier alpha value is -2.93. The van der Waals surface area contributed by atoms with Crippen LogP contribution in [-0.2, 0) is 4.79 Å². The van der Waals surface area contributed by atoms with Gasteiger partial charge in [-0.15, -0.1) is 0 Å². The van der Waals surface area contributed by atoms with Gasteiger partial charge in [-0.2, -0.15) is 12.6 Å². The standard InChI is InChI=1S/C19H17NO5S/c1-23-13-9-8-12(10-14(13)24-2)15-16(11-6-4-3-5-7-11)25-18(20-15)17(26)19(21)22/h3-10,17,26H,1-2H3,(H,21,22). The zero-order chi connectivity index (χ0) is 18.7. The van der Waals surface area contributed by atoms with Crippen molar-refractivity contribution in [2.24, 2.45) is 0 Å². The molecule has 1 atom stereocenters. The highest BCUT2D eigenvalue weighted by molar-refractivity contribution is 7.81. The van der Waals surface area contributed by atoms with Gasteiger partial charge in [0, 0.05) is 11.1 Å². The van der Waals surface area contributed by atoms with Crippen molar-refractivity contribution < 1.29 is 23.8 Å². The van der Waals surface area contributed by atoms with Crippen LogP contribution >= 0.6 is 12.6 Å². The second-order valence-electron chi connectivity index (χ2n) is 5.41. The van der Waals surface area contributed by atoms with E-state index in [1.54, 1.807) is 26.4 Å². The molecule has 0 saturated carbocycles. The Bertz CT molecular complexity index is 923. The molecule has 1 N–H and O–H groups in total. The van der Waals surface area contributed by atoms with Crippen LogP contribution in [-0.4, -0.2) is 30.3 Å². The Morgan fingerprint density at radius 2 is 1.77 bits per heavy atom. The number of benzene rings is 2. The number of aliphatic carboxylic acids is 1. The molecule has 0 bridgehead atoms. The van der Waals surface area contributed by atoms with Gasteiger partial charge in [0.25, 0.3) is 0 Å². The molecule has 0 spiro atoms. The van der Waals surface area contributed by atoms with E-state index in [4.69, 9.17) is 13.9 Å². The van der Waals surface area contributed by atoms with E-state index in [2.05, 4.69) is 17.6 Å². The van der Waals surface area contributed by atoms with Gasteiger partial charge in [0.15, 0.2) is 22.5 Å². The number of carboxylic acids is 1. The van der Waals surface area contributed by atoms with Crippen molar-refractivity contribution >= 4 is 18.6 Å². The first-order chi connectivity index (χ1) is 12.5. The normalized spacial score (nSPS) is 11.8. The molecule has 134 valence electrons. The molecular formula is C19H17NO5S. The predicted octanol–water partition coefficient (Wildman–Crippen LogP) is 4.08. The van der Waals surface area contributed by atoms with E-state index < -0.39 is 11.2 Å². The fourth-order valence-corrected chi connectivity index (χ4v) is 2.63. The minimum absolute atomic E-state index is 0.0180. The summed E-state index contributed by atoms with van der Waals surface area (Å²) in [7, 11) is 3.10. The molecule has 0 aliphatic heterocycles. The number of carboxylic acid groups (broad SMARTS) is 1. The van der Waals surface area contributed by atoms with Crippen LogP contribution < -0.4 is 9.47 Å². The van der Waals surface area contributed by atoms with Gasteiger partial charge in [0.05, 0.1) is 14.2 Å². The van der Waals surface area contributed by atoms with Crippen molar-refractivity contribution in [2.45, 2.75) is 5.25 Å². The van der Waals surface area contributed by atoms with Gasteiger partial charge >= 0.3 is 5.97 Å². The van der Waals surface area contributed by atoms with Crippen molar-refractivity contribution in [3.05, 3.63) is 54.4 Å². The Kier molecular flexibility index (Phi) is 5.18. The van der Waals surface area contributed by atoms with Crippen molar-refractivity contribution in [1.82, 2.24) is 4.98 Å². The van der Waals surface area contributed by atoms with E-state index in [1.807, 2.05) is 36.4 Å². The molecule has 1 unspecified atom stereocenters. The number of carbonyl (C=O) groups is 1. The SMILES string of the molecule is COc1ccc(-c2nc(C(S)C(=O)O)oc2-c2ccccc2)cc1OC. The highest BCUT2D eigenvalue weighted by atomic mass is 32.1. The number of hydrogen-bond donors (Lipinski definition) is 2. The van der Waals surface area contributed by atoms with E-state index in [1.165, 1.54) is 0 Å². The summed E-state index contributed by atoms with van der Waals surface area (Å²) in [6, 6.07) is 14.7. The van der Waals surface area contributed by atoms with Gasteiger partial charge in [0.1, 0.15) is 5.69 Å². The summed E-state index contributed by atoms with van der Waals surface area (Å²) < 4.78 is 16.4. The van der Waals surface area contributed by atoms with E-state index in [0.717, 1.165) is 5.56 Å². The highest BCUT2D eigenvalue weighted by Crippen LogP contribution is 2.38. The maximum absolute atomic E-state index is 11.3. The van der Waals surface area contributed by atoms with Crippen LogP contribution in [0.2, 0.25) is 0 Å². The van der Waals surface area contributed by atoms with Crippen LogP contribution in [0.1, 0.15) is 11.1 Å². The van der Waals surface area contributed by atoms with Crippen LogP contribution in [0.4, 0.5) is 0 Å². The molecule has 3 aromatic rings. The molecule has 1 aromatic heterocycles. The average molecular weight is 371 g/mol. The number of methoxy groups -OCH3 is 2. The number of hydrogen-bond acceptors (Lipinski definition) is 6. The van der Waals surface area contributed by atoms with E-state index in [0.29, 0.717) is 28.5 Å². The molecule has 0 saturated heterocycles. The molecule has 2 aromatic carbocycles. The van der Waals surface area contributed by atoms with E-state index >= 15 is 0 Å². The molecule has 0 fully saturated rings. The number of oxazole rings is 1. The number of aromatic nitrogens is 1. The molecule has 7 heteroatoms. The lowest BCUT2D eigenvalue weighted by Crippen LogP contribution is -2.05. The number of thiol groups is 1. The number of rotatable bonds is 6. The summed E-state index contributed by atoms with van der Waals surface area (Å²) >= 11 is 4.07. The molecule has 6 nitrogen and oxygen atoms in total. The lowest BCUT2D eigenvalue weighted by molar-refractivity contribution is -0.136. The smallest absolute Gasteiger partial charge is 0.325 e. The fraction of sp³-hybridized carbons (Fsp3) is 0.158. The van der Waals surface area contributed by atoms with Gasteiger partial charge in [-0.05, 0) is 18.2 Å². The summed E-state index contributed by atoms with van der Waals surface area (Å²) in [6.07, 6.45) is 0. The third kappa shape index (κ3) is 3.39. The second kappa shape index (κ2) is 7.53.